The summed E-state index contributed by atoms with van der Waals surface area (Å²) in [7, 11) is 0. The van der Waals surface area contributed by atoms with Gasteiger partial charge in [-0.1, -0.05) is 30.3 Å². The van der Waals surface area contributed by atoms with Crippen molar-refractivity contribution in [3.8, 4) is 0 Å². The largest absolute Gasteiger partial charge is 0.369 e. The first-order valence-corrected chi connectivity index (χ1v) is 5.40. The maximum absolute atomic E-state index is 11.3. The molecule has 1 aromatic carbocycles. The third-order valence-electron chi connectivity index (χ3n) is 2.15. The van der Waals surface area contributed by atoms with Crippen LogP contribution in [0.3, 0.4) is 0 Å². The van der Waals surface area contributed by atoms with Crippen molar-refractivity contribution >= 4 is 12.1 Å². The lowest BCUT2D eigenvalue weighted by Gasteiger charge is -2.03. The van der Waals surface area contributed by atoms with Crippen LogP contribution >= 0.6 is 0 Å². The van der Waals surface area contributed by atoms with E-state index in [0.717, 1.165) is 11.8 Å². The number of carbonyl (C=O) groups excluding carboxylic acids is 2. The molecule has 86 valence electrons. The van der Waals surface area contributed by atoms with Crippen LogP contribution in [0.1, 0.15) is 24.8 Å². The molecule has 0 atom stereocenters. The van der Waals surface area contributed by atoms with E-state index < -0.39 is 0 Å². The smallest absolute Gasteiger partial charge is 0.158 e. The lowest BCUT2D eigenvalue weighted by atomic mass is 10.2. The second-order valence-electron chi connectivity index (χ2n) is 3.58. The molecule has 0 aliphatic heterocycles. The number of ketones is 1. The molecule has 3 heteroatoms. The molecule has 0 fully saturated rings. The molecule has 0 aliphatic carbocycles. The highest BCUT2D eigenvalue weighted by Gasteiger charge is 2.01. The van der Waals surface area contributed by atoms with Crippen molar-refractivity contribution in [1.29, 1.82) is 0 Å². The predicted octanol–water partition coefficient (Wildman–Crippen LogP) is 2.14. The van der Waals surface area contributed by atoms with Gasteiger partial charge in [-0.25, -0.2) is 0 Å². The van der Waals surface area contributed by atoms with E-state index in [2.05, 4.69) is 0 Å². The molecular formula is C13H16O3. The second kappa shape index (κ2) is 7.77. The fourth-order valence-electron chi connectivity index (χ4n) is 1.31. The van der Waals surface area contributed by atoms with Crippen LogP contribution in [0.5, 0.6) is 0 Å². The first-order valence-electron chi connectivity index (χ1n) is 5.40. The first kappa shape index (κ1) is 12.6. The number of aldehydes is 1. The minimum absolute atomic E-state index is 0.0535. The molecule has 0 aromatic heterocycles. The van der Waals surface area contributed by atoms with Crippen molar-refractivity contribution in [3.63, 3.8) is 0 Å². The van der Waals surface area contributed by atoms with E-state index in [1.54, 1.807) is 0 Å². The van der Waals surface area contributed by atoms with Crippen molar-refractivity contribution in [2.45, 2.75) is 25.9 Å². The number of hydrogen-bond donors (Lipinski definition) is 0. The average Bonchev–Trinajstić information content (AvgIpc) is 2.31. The second-order valence-corrected chi connectivity index (χ2v) is 3.58. The highest BCUT2D eigenvalue weighted by atomic mass is 16.5. The van der Waals surface area contributed by atoms with Crippen molar-refractivity contribution in [3.05, 3.63) is 35.9 Å². The van der Waals surface area contributed by atoms with Gasteiger partial charge in [0, 0.05) is 12.8 Å². The van der Waals surface area contributed by atoms with Crippen LogP contribution in [0.4, 0.5) is 0 Å². The number of rotatable bonds is 8. The van der Waals surface area contributed by atoms with Crippen LogP contribution in [0.15, 0.2) is 30.3 Å². The van der Waals surface area contributed by atoms with Gasteiger partial charge in [0.2, 0.25) is 0 Å². The van der Waals surface area contributed by atoms with Gasteiger partial charge in [0.15, 0.2) is 5.78 Å². The van der Waals surface area contributed by atoms with Gasteiger partial charge in [-0.05, 0) is 12.0 Å². The SMILES string of the molecule is O=CCCCC(=O)COCc1ccccc1. The Bertz CT molecular complexity index is 319. The molecule has 0 N–H and O–H groups in total. The van der Waals surface area contributed by atoms with Crippen molar-refractivity contribution in [1.82, 2.24) is 0 Å². The Balaban J connectivity index is 2.11. The molecule has 0 heterocycles. The van der Waals surface area contributed by atoms with Crippen LogP contribution in [-0.4, -0.2) is 18.7 Å². The number of Topliss-reactive ketones (excluding diaryl/α,β-unsaturated/α-hetero) is 1. The molecule has 0 bridgehead atoms. The van der Waals surface area contributed by atoms with Crippen molar-refractivity contribution < 1.29 is 14.3 Å². The van der Waals surface area contributed by atoms with Gasteiger partial charge >= 0.3 is 0 Å². The summed E-state index contributed by atoms with van der Waals surface area (Å²) in [5.41, 5.74) is 1.06. The van der Waals surface area contributed by atoms with E-state index in [4.69, 9.17) is 4.74 Å². The molecule has 1 rings (SSSR count). The first-order chi connectivity index (χ1) is 7.83. The van der Waals surface area contributed by atoms with Gasteiger partial charge in [-0.15, -0.1) is 0 Å². The van der Waals surface area contributed by atoms with Gasteiger partial charge < -0.3 is 9.53 Å². The zero-order valence-electron chi connectivity index (χ0n) is 9.22. The molecular weight excluding hydrogens is 204 g/mol. The fourth-order valence-corrected chi connectivity index (χ4v) is 1.31. The van der Waals surface area contributed by atoms with Crippen LogP contribution in [0.25, 0.3) is 0 Å². The minimum atomic E-state index is 0.0535. The molecule has 0 saturated carbocycles. The quantitative estimate of drug-likeness (QED) is 0.498. The summed E-state index contributed by atoms with van der Waals surface area (Å²) in [5.74, 6) is 0.0535. The molecule has 0 unspecified atom stereocenters. The van der Waals surface area contributed by atoms with E-state index in [0.29, 0.717) is 25.9 Å². The summed E-state index contributed by atoms with van der Waals surface area (Å²) in [6.45, 7) is 0.591. The third-order valence-corrected chi connectivity index (χ3v) is 2.15. The Hall–Kier alpha value is -1.48. The van der Waals surface area contributed by atoms with Gasteiger partial charge in [0.1, 0.15) is 12.9 Å². The van der Waals surface area contributed by atoms with Gasteiger partial charge in [-0.3, -0.25) is 4.79 Å². The molecule has 16 heavy (non-hydrogen) atoms. The van der Waals surface area contributed by atoms with E-state index >= 15 is 0 Å². The topological polar surface area (TPSA) is 43.4 Å². The molecule has 0 aliphatic rings. The van der Waals surface area contributed by atoms with E-state index in [-0.39, 0.29) is 12.4 Å². The monoisotopic (exact) mass is 220 g/mol. The molecule has 0 spiro atoms. The highest BCUT2D eigenvalue weighted by Crippen LogP contribution is 2.01. The van der Waals surface area contributed by atoms with Crippen molar-refractivity contribution in [2.24, 2.45) is 0 Å². The number of unbranched alkanes of at least 4 members (excludes halogenated alkanes) is 1. The average molecular weight is 220 g/mol. The van der Waals surface area contributed by atoms with Crippen LogP contribution in [-0.2, 0) is 20.9 Å². The zero-order valence-corrected chi connectivity index (χ0v) is 9.22. The van der Waals surface area contributed by atoms with Gasteiger partial charge in [0.25, 0.3) is 0 Å². The molecule has 3 nitrogen and oxygen atoms in total. The fraction of sp³-hybridized carbons (Fsp3) is 0.385. The predicted molar refractivity (Wildman–Crippen MR) is 61.0 cm³/mol. The zero-order chi connectivity index (χ0) is 11.6. The minimum Gasteiger partial charge on any atom is -0.369 e. The maximum atomic E-state index is 11.3. The van der Waals surface area contributed by atoms with Crippen LogP contribution < -0.4 is 0 Å². The number of hydrogen-bond acceptors (Lipinski definition) is 3. The Morgan fingerprint density at radius 2 is 2.00 bits per heavy atom. The highest BCUT2D eigenvalue weighted by molar-refractivity contribution is 5.79. The number of benzene rings is 1. The third kappa shape index (κ3) is 5.41. The summed E-state index contributed by atoms with van der Waals surface area (Å²) in [6.07, 6.45) is 2.33. The number of carbonyl (C=O) groups is 2. The Morgan fingerprint density at radius 3 is 2.69 bits per heavy atom. The van der Waals surface area contributed by atoms with Crippen molar-refractivity contribution in [2.75, 3.05) is 6.61 Å². The normalized spacial score (nSPS) is 10.0. The Morgan fingerprint density at radius 1 is 1.25 bits per heavy atom. The summed E-state index contributed by atoms with van der Waals surface area (Å²) in [6, 6.07) is 9.72. The van der Waals surface area contributed by atoms with Crippen LogP contribution in [0.2, 0.25) is 0 Å². The van der Waals surface area contributed by atoms with E-state index in [1.165, 1.54) is 0 Å². The van der Waals surface area contributed by atoms with Gasteiger partial charge in [-0.2, -0.15) is 0 Å². The summed E-state index contributed by atoms with van der Waals surface area (Å²) in [5, 5.41) is 0. The lowest BCUT2D eigenvalue weighted by Crippen LogP contribution is -2.08. The van der Waals surface area contributed by atoms with E-state index in [9.17, 15) is 9.59 Å². The Labute approximate surface area is 95.4 Å². The molecule has 0 saturated heterocycles. The van der Waals surface area contributed by atoms with Gasteiger partial charge in [0.05, 0.1) is 6.61 Å². The molecule has 1 aromatic rings. The lowest BCUT2D eigenvalue weighted by molar-refractivity contribution is -0.124. The summed E-state index contributed by atoms with van der Waals surface area (Å²) >= 11 is 0. The Kier molecular flexibility index (Phi) is 6.11. The standard InChI is InChI=1S/C13H16O3/c14-9-5-4-8-13(15)11-16-10-12-6-2-1-3-7-12/h1-3,6-7,9H,4-5,8,10-11H2. The molecule has 0 radical (unpaired) electrons. The number of ether oxygens (including phenoxy) is 1. The maximum Gasteiger partial charge on any atom is 0.158 e. The van der Waals surface area contributed by atoms with E-state index in [1.807, 2.05) is 30.3 Å². The summed E-state index contributed by atoms with van der Waals surface area (Å²) in [4.78, 5) is 21.3. The molecule has 0 amide bonds. The van der Waals surface area contributed by atoms with Crippen LogP contribution in [0, 0.1) is 0 Å². The summed E-state index contributed by atoms with van der Waals surface area (Å²) < 4.78 is 5.27.